The molecule has 0 amide bonds. The van der Waals surface area contributed by atoms with Gasteiger partial charge in [-0.25, -0.2) is 14.8 Å². The van der Waals surface area contributed by atoms with Gasteiger partial charge in [-0.3, -0.25) is 0 Å². The third-order valence-corrected chi connectivity index (χ3v) is 3.64. The predicted octanol–water partition coefficient (Wildman–Crippen LogP) is 2.86. The van der Waals surface area contributed by atoms with Gasteiger partial charge in [0.1, 0.15) is 15.6 Å². The highest BCUT2D eigenvalue weighted by Gasteiger charge is 2.18. The van der Waals surface area contributed by atoms with Gasteiger partial charge in [-0.1, -0.05) is 19.4 Å². The van der Waals surface area contributed by atoms with Crippen LogP contribution in [0.5, 0.6) is 5.88 Å². The lowest BCUT2D eigenvalue weighted by molar-refractivity contribution is 0.0700. The zero-order valence-electron chi connectivity index (χ0n) is 10.7. The van der Waals surface area contributed by atoms with Crippen molar-refractivity contribution in [3.05, 3.63) is 28.8 Å². The van der Waals surface area contributed by atoms with E-state index in [4.69, 9.17) is 4.74 Å². The van der Waals surface area contributed by atoms with Crippen LogP contribution in [0.15, 0.2) is 18.2 Å². The van der Waals surface area contributed by atoms with Crippen molar-refractivity contribution in [1.29, 1.82) is 0 Å². The van der Waals surface area contributed by atoms with Crippen LogP contribution >= 0.6 is 11.3 Å². The average Bonchev–Trinajstić information content (AvgIpc) is 2.83. The summed E-state index contributed by atoms with van der Waals surface area (Å²) < 4.78 is 5.06. The van der Waals surface area contributed by atoms with Gasteiger partial charge in [0.25, 0.3) is 0 Å². The summed E-state index contributed by atoms with van der Waals surface area (Å²) in [5.74, 6) is -0.447. The van der Waals surface area contributed by atoms with E-state index in [1.54, 1.807) is 19.2 Å². The molecule has 0 unspecified atom stereocenters. The van der Waals surface area contributed by atoms with Gasteiger partial charge in [0.05, 0.1) is 12.8 Å². The molecule has 0 saturated carbocycles. The fourth-order valence-corrected chi connectivity index (χ4v) is 2.60. The molecule has 5 nitrogen and oxygen atoms in total. The molecule has 2 rings (SSSR count). The molecule has 2 heterocycles. The van der Waals surface area contributed by atoms with Gasteiger partial charge in [-0.2, -0.15) is 0 Å². The van der Waals surface area contributed by atoms with Crippen LogP contribution in [0.3, 0.4) is 0 Å². The molecule has 2 aromatic rings. The molecule has 0 fully saturated rings. The zero-order chi connectivity index (χ0) is 13.8. The highest BCUT2D eigenvalue weighted by Crippen LogP contribution is 2.28. The maximum Gasteiger partial charge on any atom is 0.347 e. The molecule has 0 saturated heterocycles. The number of aromatic carboxylic acids is 1. The average molecular weight is 278 g/mol. The minimum Gasteiger partial charge on any atom is -0.481 e. The van der Waals surface area contributed by atoms with E-state index in [1.165, 1.54) is 0 Å². The van der Waals surface area contributed by atoms with Crippen LogP contribution in [0.1, 0.15) is 28.7 Å². The summed E-state index contributed by atoms with van der Waals surface area (Å²) in [6.45, 7) is 1.99. The fraction of sp³-hybridized carbons (Fsp3) is 0.308. The van der Waals surface area contributed by atoms with E-state index in [9.17, 15) is 9.90 Å². The number of aryl methyl sites for hydroxylation is 1. The Morgan fingerprint density at radius 2 is 2.21 bits per heavy atom. The molecule has 0 spiro atoms. The fourth-order valence-electron chi connectivity index (χ4n) is 1.68. The lowest BCUT2D eigenvalue weighted by Gasteiger charge is -1.99. The monoisotopic (exact) mass is 278 g/mol. The second-order valence-corrected chi connectivity index (χ2v) is 4.91. The largest absolute Gasteiger partial charge is 0.481 e. The third-order valence-electron chi connectivity index (χ3n) is 2.53. The summed E-state index contributed by atoms with van der Waals surface area (Å²) in [5, 5.41) is 9.79. The maximum absolute atomic E-state index is 11.2. The number of carboxylic acid groups (broad SMARTS) is 1. The third kappa shape index (κ3) is 2.90. The Hall–Kier alpha value is -1.95. The van der Waals surface area contributed by atoms with Gasteiger partial charge < -0.3 is 9.84 Å². The normalized spacial score (nSPS) is 10.4. The Kier molecular flexibility index (Phi) is 4.11. The van der Waals surface area contributed by atoms with E-state index in [0.717, 1.165) is 17.8 Å². The van der Waals surface area contributed by atoms with Crippen LogP contribution in [-0.2, 0) is 6.42 Å². The summed E-state index contributed by atoms with van der Waals surface area (Å²) in [7, 11) is 1.54. The van der Waals surface area contributed by atoms with Crippen LogP contribution in [-0.4, -0.2) is 28.2 Å². The molecular weight excluding hydrogens is 264 g/mol. The Morgan fingerprint density at radius 1 is 1.42 bits per heavy atom. The van der Waals surface area contributed by atoms with Crippen LogP contribution in [0.4, 0.5) is 0 Å². The Balaban J connectivity index is 2.44. The molecule has 19 heavy (non-hydrogen) atoms. The highest BCUT2D eigenvalue weighted by atomic mass is 32.1. The van der Waals surface area contributed by atoms with Crippen molar-refractivity contribution in [2.45, 2.75) is 19.8 Å². The molecule has 0 bridgehead atoms. The minimum absolute atomic E-state index is 0.293. The van der Waals surface area contributed by atoms with E-state index in [0.29, 0.717) is 33.6 Å². The van der Waals surface area contributed by atoms with E-state index < -0.39 is 5.97 Å². The molecule has 2 aromatic heterocycles. The van der Waals surface area contributed by atoms with Crippen LogP contribution in [0, 0.1) is 0 Å². The first-order valence-electron chi connectivity index (χ1n) is 5.90. The highest BCUT2D eigenvalue weighted by molar-refractivity contribution is 7.17. The van der Waals surface area contributed by atoms with Crippen molar-refractivity contribution in [1.82, 2.24) is 9.97 Å². The molecular formula is C13H14N2O3S. The van der Waals surface area contributed by atoms with E-state index in [1.807, 2.05) is 13.0 Å². The molecule has 6 heteroatoms. The number of aromatic nitrogens is 2. The van der Waals surface area contributed by atoms with Crippen LogP contribution < -0.4 is 4.74 Å². The number of rotatable bonds is 5. The van der Waals surface area contributed by atoms with E-state index in [2.05, 4.69) is 9.97 Å². The van der Waals surface area contributed by atoms with Gasteiger partial charge >= 0.3 is 5.97 Å². The summed E-state index contributed by atoms with van der Waals surface area (Å²) in [6, 6.07) is 5.34. The van der Waals surface area contributed by atoms with Crippen LogP contribution in [0.25, 0.3) is 10.7 Å². The molecule has 1 N–H and O–H groups in total. The quantitative estimate of drug-likeness (QED) is 0.910. The summed E-state index contributed by atoms with van der Waals surface area (Å²) >= 11 is 1.15. The van der Waals surface area contributed by atoms with Gasteiger partial charge in [-0.15, -0.1) is 11.3 Å². The van der Waals surface area contributed by atoms with Crippen molar-refractivity contribution in [3.63, 3.8) is 0 Å². The topological polar surface area (TPSA) is 72.3 Å². The van der Waals surface area contributed by atoms with Crippen molar-refractivity contribution in [3.8, 4) is 16.6 Å². The Labute approximate surface area is 114 Å². The van der Waals surface area contributed by atoms with Gasteiger partial charge in [0.15, 0.2) is 0 Å². The van der Waals surface area contributed by atoms with Crippen molar-refractivity contribution < 1.29 is 14.6 Å². The molecule has 0 aromatic carbocycles. The van der Waals surface area contributed by atoms with Gasteiger partial charge in [0, 0.05) is 6.07 Å². The predicted molar refractivity (Wildman–Crippen MR) is 72.9 cm³/mol. The van der Waals surface area contributed by atoms with Gasteiger partial charge in [0.2, 0.25) is 5.88 Å². The van der Waals surface area contributed by atoms with E-state index >= 15 is 0 Å². The lowest BCUT2D eigenvalue weighted by atomic mass is 10.2. The Morgan fingerprint density at radius 3 is 2.84 bits per heavy atom. The molecule has 0 radical (unpaired) electrons. The number of nitrogens with zero attached hydrogens (tertiary/aromatic N) is 2. The maximum atomic E-state index is 11.2. The minimum atomic E-state index is -0.935. The molecule has 0 aliphatic rings. The molecule has 100 valence electrons. The number of hydrogen-bond acceptors (Lipinski definition) is 5. The zero-order valence-corrected chi connectivity index (χ0v) is 11.5. The summed E-state index contributed by atoms with van der Waals surface area (Å²) in [4.78, 5) is 20.1. The number of ether oxygens (including phenoxy) is 1. The van der Waals surface area contributed by atoms with Gasteiger partial charge in [-0.05, 0) is 12.5 Å². The number of carbonyl (C=O) groups is 1. The van der Waals surface area contributed by atoms with E-state index in [-0.39, 0.29) is 0 Å². The molecule has 0 aliphatic carbocycles. The lowest BCUT2D eigenvalue weighted by Crippen LogP contribution is -1.98. The number of methoxy groups -OCH3 is 1. The standard InChI is InChI=1S/C13H14N2O3S/c1-3-5-8-11(13(16)17)19-12(15-8)9-6-4-7-10(14-9)18-2/h4,6-7H,3,5H2,1-2H3,(H,16,17). The molecule has 0 atom stereocenters. The second kappa shape index (κ2) is 5.79. The summed E-state index contributed by atoms with van der Waals surface area (Å²) in [6.07, 6.45) is 1.51. The molecule has 0 aliphatic heterocycles. The Bertz CT molecular complexity index is 595. The second-order valence-electron chi connectivity index (χ2n) is 3.92. The van der Waals surface area contributed by atoms with Crippen molar-refractivity contribution in [2.75, 3.05) is 7.11 Å². The first-order valence-corrected chi connectivity index (χ1v) is 6.71. The number of hydrogen-bond donors (Lipinski definition) is 1. The first-order chi connectivity index (χ1) is 9.15. The summed E-state index contributed by atoms with van der Waals surface area (Å²) in [5.41, 5.74) is 1.26. The number of pyridine rings is 1. The smallest absolute Gasteiger partial charge is 0.347 e. The number of thiazole rings is 1. The SMILES string of the molecule is CCCc1nc(-c2cccc(OC)n2)sc1C(=O)O. The number of carboxylic acids is 1. The van der Waals surface area contributed by atoms with Crippen molar-refractivity contribution >= 4 is 17.3 Å². The first kappa shape index (κ1) is 13.5. The van der Waals surface area contributed by atoms with Crippen molar-refractivity contribution in [2.24, 2.45) is 0 Å². The van der Waals surface area contributed by atoms with Crippen LogP contribution in [0.2, 0.25) is 0 Å².